The topological polar surface area (TPSA) is 98.5 Å². The summed E-state index contributed by atoms with van der Waals surface area (Å²) in [7, 11) is -4.16. The maximum atomic E-state index is 13.4. The highest BCUT2D eigenvalue weighted by Gasteiger charge is 2.28. The molecule has 110 valence electrons. The van der Waals surface area contributed by atoms with Crippen molar-refractivity contribution in [2.45, 2.75) is 11.3 Å². The summed E-state index contributed by atoms with van der Waals surface area (Å²) in [5, 5.41) is 10.7. The van der Waals surface area contributed by atoms with Gasteiger partial charge in [-0.1, -0.05) is 12.6 Å². The molecule has 0 atom stereocenters. The zero-order valence-electron chi connectivity index (χ0n) is 10.4. The van der Waals surface area contributed by atoms with Crippen LogP contribution in [0.25, 0.3) is 0 Å². The van der Waals surface area contributed by atoms with E-state index in [0.29, 0.717) is 6.42 Å². The van der Waals surface area contributed by atoms with E-state index in [1.165, 1.54) is 6.26 Å². The summed E-state index contributed by atoms with van der Waals surface area (Å²) in [5.41, 5.74) is -1.07. The fourth-order valence-corrected chi connectivity index (χ4v) is 2.67. The lowest BCUT2D eigenvalue weighted by Crippen LogP contribution is -2.26. The van der Waals surface area contributed by atoms with Crippen molar-refractivity contribution in [2.24, 2.45) is 0 Å². The van der Waals surface area contributed by atoms with Crippen LogP contribution in [0, 0.1) is 15.9 Å². The lowest BCUT2D eigenvalue weighted by Gasteiger charge is -2.07. The lowest BCUT2D eigenvalue weighted by atomic mass is 10.3. The normalized spacial score (nSPS) is 11.1. The molecule has 0 amide bonds. The van der Waals surface area contributed by atoms with E-state index in [-0.39, 0.29) is 13.2 Å². The Labute approximate surface area is 115 Å². The minimum atomic E-state index is -4.16. The summed E-state index contributed by atoms with van der Waals surface area (Å²) in [6.45, 7) is 3.57. The second-order valence-electron chi connectivity index (χ2n) is 3.63. The summed E-state index contributed by atoms with van der Waals surface area (Å²) in [6.07, 6.45) is 1.56. The molecule has 9 heteroatoms. The van der Waals surface area contributed by atoms with Crippen molar-refractivity contribution in [3.63, 3.8) is 0 Å². The Bertz CT molecular complexity index is 603. The first-order chi connectivity index (χ1) is 9.40. The van der Waals surface area contributed by atoms with Gasteiger partial charge in [-0.3, -0.25) is 10.1 Å². The van der Waals surface area contributed by atoms with Crippen LogP contribution in [0.4, 0.5) is 10.1 Å². The van der Waals surface area contributed by atoms with Gasteiger partial charge in [-0.2, -0.15) is 4.39 Å². The smallest absolute Gasteiger partial charge is 0.324 e. The van der Waals surface area contributed by atoms with Gasteiger partial charge in [0, 0.05) is 6.54 Å². The van der Waals surface area contributed by atoms with Crippen LogP contribution in [0.3, 0.4) is 0 Å². The standard InChI is InChI=1S/C11H13FN2O5S/c1-2-19-8-4-7-13-20(17,18)10-6-3-5-9(12)11(10)14(15)16/h2-3,5-6,13H,1,4,7-8H2. The molecule has 0 aliphatic carbocycles. The van der Waals surface area contributed by atoms with E-state index in [2.05, 4.69) is 11.3 Å². The van der Waals surface area contributed by atoms with Gasteiger partial charge in [-0.15, -0.1) is 0 Å². The van der Waals surface area contributed by atoms with Gasteiger partial charge in [-0.05, 0) is 18.6 Å². The predicted octanol–water partition coefficient (Wildman–Crippen LogP) is 1.56. The van der Waals surface area contributed by atoms with Gasteiger partial charge in [0.05, 0.1) is 17.8 Å². The van der Waals surface area contributed by atoms with E-state index in [0.717, 1.165) is 18.2 Å². The number of nitro groups is 1. The van der Waals surface area contributed by atoms with E-state index in [9.17, 15) is 22.9 Å². The zero-order chi connectivity index (χ0) is 15.2. The Morgan fingerprint density at radius 3 is 2.80 bits per heavy atom. The number of para-hydroxylation sites is 1. The molecule has 7 nitrogen and oxygen atoms in total. The van der Waals surface area contributed by atoms with Gasteiger partial charge < -0.3 is 4.74 Å². The molecule has 0 fully saturated rings. The molecule has 0 radical (unpaired) electrons. The van der Waals surface area contributed by atoms with Crippen molar-refractivity contribution >= 4 is 15.7 Å². The van der Waals surface area contributed by atoms with E-state index in [1.54, 1.807) is 0 Å². The fraction of sp³-hybridized carbons (Fsp3) is 0.273. The minimum absolute atomic E-state index is 0.00381. The molecule has 20 heavy (non-hydrogen) atoms. The molecule has 1 aromatic rings. The van der Waals surface area contributed by atoms with E-state index in [1.807, 2.05) is 0 Å². The number of nitrogens with one attached hydrogen (secondary N) is 1. The molecule has 1 N–H and O–H groups in total. The summed E-state index contributed by atoms with van der Waals surface area (Å²) < 4.78 is 44.1. The zero-order valence-corrected chi connectivity index (χ0v) is 11.2. The molecule has 1 aromatic carbocycles. The summed E-state index contributed by atoms with van der Waals surface area (Å²) in [5.74, 6) is -1.20. The molecule has 0 saturated carbocycles. The summed E-state index contributed by atoms with van der Waals surface area (Å²) in [6, 6.07) is 2.90. The fourth-order valence-electron chi connectivity index (χ4n) is 1.41. The van der Waals surface area contributed by atoms with Crippen molar-refractivity contribution in [2.75, 3.05) is 13.2 Å². The Kier molecular flexibility index (Phi) is 5.59. The van der Waals surface area contributed by atoms with Crippen LogP contribution in [0.15, 0.2) is 35.9 Å². The van der Waals surface area contributed by atoms with Crippen LogP contribution >= 0.6 is 0 Å². The number of nitrogens with zero attached hydrogens (tertiary/aromatic N) is 1. The number of ether oxygens (including phenoxy) is 1. The van der Waals surface area contributed by atoms with Crippen LogP contribution in [-0.4, -0.2) is 26.5 Å². The van der Waals surface area contributed by atoms with Crippen molar-refractivity contribution in [1.82, 2.24) is 4.72 Å². The molecule has 0 heterocycles. The largest absolute Gasteiger partial charge is 0.502 e. The SMILES string of the molecule is C=COCCCNS(=O)(=O)c1cccc(F)c1[N+](=O)[O-]. The first kappa shape index (κ1) is 16.1. The quantitative estimate of drug-likeness (QED) is 0.340. The Hall–Kier alpha value is -2.00. The number of nitro benzene ring substituents is 1. The highest BCUT2D eigenvalue weighted by molar-refractivity contribution is 7.89. The monoisotopic (exact) mass is 304 g/mol. The highest BCUT2D eigenvalue weighted by Crippen LogP contribution is 2.26. The molecule has 0 aliphatic heterocycles. The molecule has 0 saturated heterocycles. The summed E-state index contributed by atoms with van der Waals surface area (Å²) >= 11 is 0. The first-order valence-electron chi connectivity index (χ1n) is 5.55. The van der Waals surface area contributed by atoms with Gasteiger partial charge in [0.2, 0.25) is 15.8 Å². The van der Waals surface area contributed by atoms with Crippen LogP contribution in [0.5, 0.6) is 0 Å². The number of halogens is 1. The second-order valence-corrected chi connectivity index (χ2v) is 5.37. The lowest BCUT2D eigenvalue weighted by molar-refractivity contribution is -0.390. The third-order valence-corrected chi connectivity index (χ3v) is 3.76. The molecule has 0 bridgehead atoms. The number of sulfonamides is 1. The van der Waals surface area contributed by atoms with Gasteiger partial charge in [0.1, 0.15) is 0 Å². The average Bonchev–Trinajstić information content (AvgIpc) is 2.37. The summed E-state index contributed by atoms with van der Waals surface area (Å²) in [4.78, 5) is 8.98. The minimum Gasteiger partial charge on any atom is -0.502 e. The van der Waals surface area contributed by atoms with Gasteiger partial charge in [-0.25, -0.2) is 13.1 Å². The van der Waals surface area contributed by atoms with E-state index >= 15 is 0 Å². The average molecular weight is 304 g/mol. The molecule has 0 aromatic heterocycles. The van der Waals surface area contributed by atoms with Gasteiger partial charge >= 0.3 is 5.69 Å². The third-order valence-electron chi connectivity index (χ3n) is 2.27. The van der Waals surface area contributed by atoms with Crippen molar-refractivity contribution in [3.8, 4) is 0 Å². The highest BCUT2D eigenvalue weighted by atomic mass is 32.2. The molecule has 0 aliphatic rings. The Morgan fingerprint density at radius 1 is 1.50 bits per heavy atom. The molecule has 0 spiro atoms. The van der Waals surface area contributed by atoms with Crippen LogP contribution in [0.1, 0.15) is 6.42 Å². The van der Waals surface area contributed by atoms with Crippen LogP contribution in [0.2, 0.25) is 0 Å². The number of hydrogen-bond acceptors (Lipinski definition) is 5. The van der Waals surface area contributed by atoms with Crippen LogP contribution in [-0.2, 0) is 14.8 Å². The van der Waals surface area contributed by atoms with Crippen molar-refractivity contribution < 1.29 is 22.5 Å². The Morgan fingerprint density at radius 2 is 2.20 bits per heavy atom. The number of benzene rings is 1. The Balaban J connectivity index is 2.90. The predicted molar refractivity (Wildman–Crippen MR) is 69.0 cm³/mol. The van der Waals surface area contributed by atoms with Gasteiger partial charge in [0.15, 0.2) is 4.90 Å². The van der Waals surface area contributed by atoms with Crippen LogP contribution < -0.4 is 4.72 Å². The molecular weight excluding hydrogens is 291 g/mol. The molecule has 0 unspecified atom stereocenters. The second kappa shape index (κ2) is 6.96. The maximum absolute atomic E-state index is 13.4. The number of hydrogen-bond donors (Lipinski definition) is 1. The molecule has 1 rings (SSSR count). The van der Waals surface area contributed by atoms with Crippen molar-refractivity contribution in [3.05, 3.63) is 47.0 Å². The number of rotatable bonds is 8. The first-order valence-corrected chi connectivity index (χ1v) is 7.03. The maximum Gasteiger partial charge on any atom is 0.324 e. The van der Waals surface area contributed by atoms with E-state index in [4.69, 9.17) is 4.74 Å². The molecular formula is C11H13FN2O5S. The van der Waals surface area contributed by atoms with Gasteiger partial charge in [0.25, 0.3) is 0 Å². The third kappa shape index (κ3) is 4.00. The van der Waals surface area contributed by atoms with E-state index < -0.39 is 31.3 Å². The van der Waals surface area contributed by atoms with Crippen molar-refractivity contribution in [1.29, 1.82) is 0 Å².